The number of aromatic hydroxyl groups is 8. The second-order valence-electron chi connectivity index (χ2n) is 8.23. The molecule has 6 rings (SSSR count). The van der Waals surface area contributed by atoms with Gasteiger partial charge in [-0.2, -0.15) is 0 Å². The van der Waals surface area contributed by atoms with Crippen LogP contribution in [0.25, 0.3) is 53.9 Å². The van der Waals surface area contributed by atoms with E-state index in [0.717, 1.165) is 21.5 Å². The minimum absolute atomic E-state index is 0.134. The number of phenols is 8. The highest BCUT2D eigenvalue weighted by atomic mass is 16.4. The summed E-state index contributed by atoms with van der Waals surface area (Å²) in [7, 11) is 0. The van der Waals surface area contributed by atoms with Gasteiger partial charge in [0.05, 0.1) is 0 Å². The molecule has 0 aliphatic rings. The summed E-state index contributed by atoms with van der Waals surface area (Å²) < 4.78 is 0. The summed E-state index contributed by atoms with van der Waals surface area (Å²) in [6.07, 6.45) is 0. The molecule has 0 aromatic heterocycles. The molecule has 0 bridgehead atoms. The maximum Gasteiger partial charge on any atom is 0.204 e. The van der Waals surface area contributed by atoms with Gasteiger partial charge in [-0.25, -0.2) is 0 Å². The van der Waals surface area contributed by atoms with Crippen molar-refractivity contribution < 1.29 is 40.9 Å². The van der Waals surface area contributed by atoms with E-state index in [1.807, 2.05) is 36.4 Å². The Morgan fingerprint density at radius 2 is 0.647 bits per heavy atom. The first kappa shape index (κ1) is 19.7. The summed E-state index contributed by atoms with van der Waals surface area (Å²) in [6, 6.07) is 14.8. The molecule has 0 atom stereocenters. The third-order valence-corrected chi connectivity index (χ3v) is 6.42. The summed E-state index contributed by atoms with van der Waals surface area (Å²) in [6.45, 7) is 0. The molecule has 8 heteroatoms. The second-order valence-corrected chi connectivity index (χ2v) is 8.23. The van der Waals surface area contributed by atoms with Crippen molar-refractivity contribution in [3.63, 3.8) is 0 Å². The number of benzene rings is 6. The normalized spacial score (nSPS) is 11.9. The van der Waals surface area contributed by atoms with E-state index in [-0.39, 0.29) is 32.3 Å². The van der Waals surface area contributed by atoms with Crippen molar-refractivity contribution in [3.8, 4) is 46.0 Å². The lowest BCUT2D eigenvalue weighted by Crippen LogP contribution is -1.89. The predicted octanol–water partition coefficient (Wildman–Crippen LogP) is 5.10. The minimum atomic E-state index is -1.05. The Morgan fingerprint density at radius 3 is 1.00 bits per heavy atom. The van der Waals surface area contributed by atoms with Crippen LogP contribution in [0.15, 0.2) is 48.5 Å². The van der Waals surface area contributed by atoms with Gasteiger partial charge < -0.3 is 40.9 Å². The molecule has 0 saturated carbocycles. The smallest absolute Gasteiger partial charge is 0.204 e. The van der Waals surface area contributed by atoms with Gasteiger partial charge in [-0.05, 0) is 56.6 Å². The molecular formula is C26H16O8. The molecule has 6 aromatic carbocycles. The average molecular weight is 456 g/mol. The lowest BCUT2D eigenvalue weighted by Gasteiger charge is -2.18. The molecule has 168 valence electrons. The van der Waals surface area contributed by atoms with Crippen LogP contribution in [-0.2, 0) is 0 Å². The van der Waals surface area contributed by atoms with Gasteiger partial charge in [0.25, 0.3) is 0 Å². The highest BCUT2D eigenvalue weighted by molar-refractivity contribution is 6.34. The lowest BCUT2D eigenvalue weighted by atomic mass is 9.89. The Kier molecular flexibility index (Phi) is 3.64. The second kappa shape index (κ2) is 6.29. The Labute approximate surface area is 189 Å². The quantitative estimate of drug-likeness (QED) is 0.0678. The molecule has 34 heavy (non-hydrogen) atoms. The molecule has 0 aliphatic heterocycles. The maximum atomic E-state index is 10.8. The fourth-order valence-corrected chi connectivity index (χ4v) is 4.81. The zero-order chi connectivity index (χ0) is 24.0. The molecule has 0 fully saturated rings. The van der Waals surface area contributed by atoms with Gasteiger partial charge >= 0.3 is 0 Å². The van der Waals surface area contributed by atoms with E-state index in [9.17, 15) is 40.9 Å². The van der Waals surface area contributed by atoms with Crippen molar-refractivity contribution in [1.82, 2.24) is 0 Å². The Hall–Kier alpha value is -4.98. The Morgan fingerprint density at radius 1 is 0.324 bits per heavy atom. The average Bonchev–Trinajstić information content (AvgIpc) is 2.84. The fourth-order valence-electron chi connectivity index (χ4n) is 4.81. The number of fused-ring (bicyclic) bond motifs is 8. The molecule has 0 radical (unpaired) electrons. The molecule has 8 N–H and O–H groups in total. The molecule has 0 amide bonds. The number of hydrogen-bond donors (Lipinski definition) is 8. The fraction of sp³-hybridized carbons (Fsp3) is 0. The van der Waals surface area contributed by atoms with Crippen LogP contribution >= 0.6 is 0 Å². The van der Waals surface area contributed by atoms with E-state index in [0.29, 0.717) is 0 Å². The first-order valence-corrected chi connectivity index (χ1v) is 10.2. The van der Waals surface area contributed by atoms with Crippen molar-refractivity contribution >= 4 is 53.9 Å². The van der Waals surface area contributed by atoms with E-state index in [2.05, 4.69) is 0 Å². The van der Waals surface area contributed by atoms with E-state index < -0.39 is 46.0 Å². The monoisotopic (exact) mass is 456 g/mol. The van der Waals surface area contributed by atoms with E-state index in [1.165, 1.54) is 0 Å². The van der Waals surface area contributed by atoms with Gasteiger partial charge in [0.2, 0.25) is 23.0 Å². The third-order valence-electron chi connectivity index (χ3n) is 6.42. The van der Waals surface area contributed by atoms with Crippen LogP contribution in [0.5, 0.6) is 46.0 Å². The van der Waals surface area contributed by atoms with Crippen LogP contribution in [-0.4, -0.2) is 40.9 Å². The Balaban J connectivity index is 2.02. The van der Waals surface area contributed by atoms with Crippen molar-refractivity contribution in [2.75, 3.05) is 0 Å². The van der Waals surface area contributed by atoms with Crippen LogP contribution in [0, 0.1) is 0 Å². The van der Waals surface area contributed by atoms with Gasteiger partial charge in [-0.1, -0.05) is 24.3 Å². The number of hydrogen-bond acceptors (Lipinski definition) is 8. The molecular weight excluding hydrogens is 440 g/mol. The topological polar surface area (TPSA) is 162 Å². The highest BCUT2D eigenvalue weighted by Gasteiger charge is 2.29. The van der Waals surface area contributed by atoms with Crippen molar-refractivity contribution in [3.05, 3.63) is 48.5 Å². The van der Waals surface area contributed by atoms with Crippen LogP contribution in [0.1, 0.15) is 0 Å². The molecule has 0 heterocycles. The summed E-state index contributed by atoms with van der Waals surface area (Å²) in [5.74, 6) is -7.39. The zero-order valence-corrected chi connectivity index (χ0v) is 17.2. The van der Waals surface area contributed by atoms with Gasteiger partial charge in [0.15, 0.2) is 23.0 Å². The number of rotatable bonds is 0. The molecule has 0 saturated heterocycles. The maximum absolute atomic E-state index is 10.8. The lowest BCUT2D eigenvalue weighted by molar-refractivity contribution is 0.349. The van der Waals surface area contributed by atoms with E-state index in [1.54, 1.807) is 12.1 Å². The summed E-state index contributed by atoms with van der Waals surface area (Å²) in [4.78, 5) is 0. The predicted molar refractivity (Wildman–Crippen MR) is 127 cm³/mol. The van der Waals surface area contributed by atoms with Crippen LogP contribution in [0.2, 0.25) is 0 Å². The summed E-state index contributed by atoms with van der Waals surface area (Å²) in [5, 5.41) is 86.6. The van der Waals surface area contributed by atoms with Crippen LogP contribution < -0.4 is 0 Å². The minimum Gasteiger partial charge on any atom is -0.504 e. The zero-order valence-electron chi connectivity index (χ0n) is 17.2. The summed E-state index contributed by atoms with van der Waals surface area (Å²) in [5.41, 5.74) is 0. The first-order valence-electron chi connectivity index (χ1n) is 10.2. The highest BCUT2D eigenvalue weighted by Crippen LogP contribution is 2.59. The van der Waals surface area contributed by atoms with Gasteiger partial charge in [0, 0.05) is 21.5 Å². The Bertz CT molecular complexity index is 1750. The van der Waals surface area contributed by atoms with Crippen LogP contribution in [0.3, 0.4) is 0 Å². The third kappa shape index (κ3) is 2.26. The van der Waals surface area contributed by atoms with Gasteiger partial charge in [0.1, 0.15) is 0 Å². The largest absolute Gasteiger partial charge is 0.504 e. The molecule has 6 aromatic rings. The van der Waals surface area contributed by atoms with Crippen molar-refractivity contribution in [1.29, 1.82) is 0 Å². The van der Waals surface area contributed by atoms with Crippen LogP contribution in [0.4, 0.5) is 0 Å². The summed E-state index contributed by atoms with van der Waals surface area (Å²) >= 11 is 0. The standard InChI is InChI=1S/C26H16O8/c27-19-15-13-7-11-5-9-3-1-2-4-10(9)6-12(11)8-14(13)16-18(17(15)21(29)25(33)23(19)31)22(30)26(34)24(32)20(16)28/h1-8,27-34H. The van der Waals surface area contributed by atoms with Gasteiger partial charge in [-0.3, -0.25) is 0 Å². The van der Waals surface area contributed by atoms with Crippen molar-refractivity contribution in [2.24, 2.45) is 0 Å². The van der Waals surface area contributed by atoms with Crippen molar-refractivity contribution in [2.45, 2.75) is 0 Å². The van der Waals surface area contributed by atoms with Gasteiger partial charge in [-0.15, -0.1) is 0 Å². The molecule has 8 nitrogen and oxygen atoms in total. The molecule has 0 unspecified atom stereocenters. The number of phenolic OH excluding ortho intramolecular Hbond substituents is 8. The SMILES string of the molecule is Oc1c(O)c(O)c2c(c1O)c1cc3cc4ccccc4cc3cc1c1c(O)c(O)c(O)c(O)c12. The first-order chi connectivity index (χ1) is 16.2. The van der Waals surface area contributed by atoms with E-state index in [4.69, 9.17) is 0 Å². The molecule has 0 aliphatic carbocycles. The van der Waals surface area contributed by atoms with E-state index >= 15 is 0 Å². The molecule has 0 spiro atoms.